The average Bonchev–Trinajstić information content (AvgIpc) is 2.75. The molecule has 0 spiro atoms. The quantitative estimate of drug-likeness (QED) is 0.466. The van der Waals surface area contributed by atoms with E-state index in [0.717, 1.165) is 6.08 Å². The molecule has 2 fully saturated rings. The third-order valence-corrected chi connectivity index (χ3v) is 3.95. The van der Waals surface area contributed by atoms with Crippen molar-refractivity contribution in [3.05, 3.63) is 12.2 Å². The molecule has 0 saturated carbocycles. The molecular weight excluding hydrogens is 260 g/mol. The van der Waals surface area contributed by atoms with Crippen molar-refractivity contribution in [2.75, 3.05) is 7.05 Å². The Kier molecular flexibility index (Phi) is 3.91. The van der Waals surface area contributed by atoms with Gasteiger partial charge in [-0.25, -0.2) is 4.79 Å². The molecule has 0 amide bonds. The number of ether oxygens (including phenoxy) is 1. The minimum atomic E-state index is -1.17. The third kappa shape index (κ3) is 2.51. The van der Waals surface area contributed by atoms with Crippen LogP contribution in [0.15, 0.2) is 17.1 Å². The maximum atomic E-state index is 10.4. The van der Waals surface area contributed by atoms with E-state index < -0.39 is 35.8 Å². The number of hydrogen-bond donors (Lipinski definition) is 4. The Bertz CT molecular complexity index is 400. The summed E-state index contributed by atoms with van der Waals surface area (Å²) in [6.45, 7) is 0. The van der Waals surface area contributed by atoms with Crippen molar-refractivity contribution >= 4 is 22.9 Å². The van der Waals surface area contributed by atoms with Crippen LogP contribution in [0, 0.1) is 0 Å². The first-order valence-corrected chi connectivity index (χ1v) is 6.23. The van der Waals surface area contributed by atoms with Crippen LogP contribution in [0.1, 0.15) is 0 Å². The fraction of sp³-hybridized carbons (Fsp3) is 0.600. The molecule has 2 rings (SSSR count). The second kappa shape index (κ2) is 5.27. The van der Waals surface area contributed by atoms with E-state index >= 15 is 0 Å². The molecule has 7 nitrogen and oxygen atoms in total. The lowest BCUT2D eigenvalue weighted by atomic mass is 9.98. The number of rotatable bonds is 2. The van der Waals surface area contributed by atoms with Gasteiger partial charge in [-0.2, -0.15) is 0 Å². The normalized spacial score (nSPS) is 41.9. The van der Waals surface area contributed by atoms with Crippen molar-refractivity contribution in [2.24, 2.45) is 4.99 Å². The Morgan fingerprint density at radius 2 is 2.22 bits per heavy atom. The van der Waals surface area contributed by atoms with Gasteiger partial charge in [-0.05, 0) is 6.08 Å². The molecule has 8 heteroatoms. The molecular formula is C10H14N2O5S. The van der Waals surface area contributed by atoms with Gasteiger partial charge in [0.05, 0.1) is 6.04 Å². The number of nitrogens with zero attached hydrogens (tertiary/aromatic N) is 1. The van der Waals surface area contributed by atoms with Crippen LogP contribution < -0.4 is 5.32 Å². The van der Waals surface area contributed by atoms with E-state index in [4.69, 9.17) is 9.84 Å². The van der Waals surface area contributed by atoms with E-state index in [-0.39, 0.29) is 0 Å². The maximum absolute atomic E-state index is 10.4. The van der Waals surface area contributed by atoms with Crippen LogP contribution >= 0.6 is 11.8 Å². The van der Waals surface area contributed by atoms with Gasteiger partial charge < -0.3 is 25.4 Å². The number of nitrogens with one attached hydrogen (secondary N) is 1. The minimum Gasteiger partial charge on any atom is -0.478 e. The predicted octanol–water partition coefficient (Wildman–Crippen LogP) is -1.24. The number of aliphatic hydroxyl groups excluding tert-OH is 2. The summed E-state index contributed by atoms with van der Waals surface area (Å²) < 4.78 is 5.54. The van der Waals surface area contributed by atoms with Crippen LogP contribution in [-0.4, -0.2) is 63.3 Å². The second-order valence-electron chi connectivity index (χ2n) is 3.96. The topological polar surface area (TPSA) is 111 Å². The zero-order valence-corrected chi connectivity index (χ0v) is 10.4. The monoisotopic (exact) mass is 274 g/mol. The van der Waals surface area contributed by atoms with Crippen LogP contribution in [-0.2, 0) is 9.53 Å². The van der Waals surface area contributed by atoms with Crippen LogP contribution in [0.5, 0.6) is 0 Å². The molecule has 100 valence electrons. The first-order chi connectivity index (χ1) is 8.52. The molecule has 0 bridgehead atoms. The van der Waals surface area contributed by atoms with E-state index in [1.165, 1.54) is 17.8 Å². The van der Waals surface area contributed by atoms with Crippen molar-refractivity contribution in [3.63, 3.8) is 0 Å². The number of amidine groups is 1. The van der Waals surface area contributed by atoms with E-state index in [1.54, 1.807) is 7.05 Å². The van der Waals surface area contributed by atoms with Gasteiger partial charge in [-0.15, -0.1) is 0 Å². The summed E-state index contributed by atoms with van der Waals surface area (Å²) in [7, 11) is 1.61. The Hall–Kier alpha value is -1.09. The summed E-state index contributed by atoms with van der Waals surface area (Å²) >= 11 is 1.30. The number of carbonyl (C=O) groups is 1. The van der Waals surface area contributed by atoms with Gasteiger partial charge in [0.25, 0.3) is 0 Å². The lowest BCUT2D eigenvalue weighted by Crippen LogP contribution is -2.58. The van der Waals surface area contributed by atoms with E-state index in [2.05, 4.69) is 10.3 Å². The molecule has 0 aromatic heterocycles. The molecule has 0 aromatic carbocycles. The molecule has 2 aliphatic heterocycles. The summed E-state index contributed by atoms with van der Waals surface area (Å²) in [6, 6.07) is -0.446. The van der Waals surface area contributed by atoms with E-state index in [9.17, 15) is 15.0 Å². The van der Waals surface area contributed by atoms with Gasteiger partial charge in [0, 0.05) is 13.1 Å². The van der Waals surface area contributed by atoms with Crippen molar-refractivity contribution in [1.82, 2.24) is 5.32 Å². The van der Waals surface area contributed by atoms with Crippen LogP contribution in [0.3, 0.4) is 0 Å². The highest BCUT2D eigenvalue weighted by Gasteiger charge is 2.48. The molecule has 0 aromatic rings. The lowest BCUT2D eigenvalue weighted by molar-refractivity contribution is -0.139. The maximum Gasteiger partial charge on any atom is 0.328 e. The highest BCUT2D eigenvalue weighted by Crippen LogP contribution is 2.34. The van der Waals surface area contributed by atoms with Gasteiger partial charge in [-0.1, -0.05) is 11.8 Å². The lowest BCUT2D eigenvalue weighted by Gasteiger charge is -2.37. The molecule has 5 atom stereocenters. The number of aliphatic carboxylic acids is 1. The van der Waals surface area contributed by atoms with Crippen molar-refractivity contribution in [2.45, 2.75) is 29.8 Å². The van der Waals surface area contributed by atoms with E-state index in [1.807, 2.05) is 0 Å². The largest absolute Gasteiger partial charge is 0.478 e. The standard InChI is InChI=1S/C10H14N2O5S/c1-11-10-12-6-8(16)7(15)4(2-3-5(13)14)17-9(6)18-10/h2-4,6-9,15-16H,1H3,(H,11,12)(H,13,14)/b3-2+/t4-,6-,7-,8-,9-/m1/s1. The summed E-state index contributed by atoms with van der Waals surface area (Å²) in [5.74, 6) is -1.13. The van der Waals surface area contributed by atoms with Gasteiger partial charge in [0.2, 0.25) is 0 Å². The second-order valence-corrected chi connectivity index (χ2v) is 5.05. The zero-order chi connectivity index (χ0) is 13.3. The Labute approximate surface area is 108 Å². The highest BCUT2D eigenvalue weighted by atomic mass is 32.2. The van der Waals surface area contributed by atoms with Crippen LogP contribution in [0.25, 0.3) is 0 Å². The summed E-state index contributed by atoms with van der Waals surface area (Å²) in [5.41, 5.74) is -0.398. The molecule has 2 heterocycles. The smallest absolute Gasteiger partial charge is 0.328 e. The van der Waals surface area contributed by atoms with E-state index in [0.29, 0.717) is 5.17 Å². The number of aliphatic hydroxyl groups is 2. The molecule has 2 aliphatic rings. The molecule has 2 saturated heterocycles. The van der Waals surface area contributed by atoms with Crippen molar-refractivity contribution in [1.29, 1.82) is 0 Å². The number of carboxylic acid groups (broad SMARTS) is 1. The minimum absolute atomic E-state index is 0.398. The fourth-order valence-corrected chi connectivity index (χ4v) is 2.97. The Morgan fingerprint density at radius 1 is 1.50 bits per heavy atom. The molecule has 0 aliphatic carbocycles. The number of fused-ring (bicyclic) bond motifs is 1. The van der Waals surface area contributed by atoms with Gasteiger partial charge in [-0.3, -0.25) is 4.99 Å². The number of aliphatic imine (C=N–C) groups is 1. The molecule has 0 radical (unpaired) electrons. The number of hydrogen-bond acceptors (Lipinski definition) is 6. The van der Waals surface area contributed by atoms with Crippen molar-refractivity contribution < 1.29 is 24.9 Å². The van der Waals surface area contributed by atoms with Crippen molar-refractivity contribution in [3.8, 4) is 0 Å². The van der Waals surface area contributed by atoms with Gasteiger partial charge >= 0.3 is 5.97 Å². The third-order valence-electron chi connectivity index (χ3n) is 2.79. The SMILES string of the molecule is CN=C1N[C@@H]2[C@@H](O)[C@H](O)[C@@H](/C=C/C(=O)O)O[C@@H]2S1. The Morgan fingerprint density at radius 3 is 2.83 bits per heavy atom. The Balaban J connectivity index is 2.12. The van der Waals surface area contributed by atoms with Gasteiger partial charge in [0.1, 0.15) is 23.7 Å². The average molecular weight is 274 g/mol. The molecule has 0 unspecified atom stereocenters. The first kappa shape index (κ1) is 13.3. The predicted molar refractivity (Wildman–Crippen MR) is 65.3 cm³/mol. The number of carboxylic acids is 1. The summed E-state index contributed by atoms with van der Waals surface area (Å²) in [4.78, 5) is 14.4. The molecule has 18 heavy (non-hydrogen) atoms. The first-order valence-electron chi connectivity index (χ1n) is 5.35. The van der Waals surface area contributed by atoms with Gasteiger partial charge in [0.15, 0.2) is 5.17 Å². The fourth-order valence-electron chi connectivity index (χ4n) is 1.88. The van der Waals surface area contributed by atoms with Crippen LogP contribution in [0.2, 0.25) is 0 Å². The molecule has 4 N–H and O–H groups in total. The summed E-state index contributed by atoms with van der Waals surface area (Å²) in [5, 5.41) is 31.9. The summed E-state index contributed by atoms with van der Waals surface area (Å²) in [6.07, 6.45) is -0.940. The number of thioether (sulfide) groups is 1. The highest BCUT2D eigenvalue weighted by molar-refractivity contribution is 8.14. The van der Waals surface area contributed by atoms with Crippen LogP contribution in [0.4, 0.5) is 0 Å². The zero-order valence-electron chi connectivity index (χ0n) is 9.56.